The number of ether oxygens (including phenoxy) is 6. The van der Waals surface area contributed by atoms with E-state index in [2.05, 4.69) is 11.8 Å². The second-order valence-corrected chi connectivity index (χ2v) is 9.72. The number of unbranched alkanes of at least 4 members (excludes halogenated alkanes) is 12. The molecule has 0 spiro atoms. The Kier molecular flexibility index (Phi) is 32.5. The average Bonchev–Trinajstić information content (AvgIpc) is 2.87. The first-order valence-electron chi connectivity index (χ1n) is 14.9. The molecular formula is C29H61NO6. The minimum absolute atomic E-state index is 0.574. The summed E-state index contributed by atoms with van der Waals surface area (Å²) >= 11 is 0. The zero-order chi connectivity index (χ0) is 26.2. The van der Waals surface area contributed by atoms with Crippen molar-refractivity contribution in [3.05, 3.63) is 0 Å². The van der Waals surface area contributed by atoms with Crippen LogP contribution in [0.1, 0.15) is 90.4 Å². The molecule has 0 aliphatic rings. The summed E-state index contributed by atoms with van der Waals surface area (Å²) in [6, 6.07) is 0. The van der Waals surface area contributed by atoms with E-state index in [0.717, 1.165) is 26.2 Å². The molecule has 0 aromatic heterocycles. The van der Waals surface area contributed by atoms with Gasteiger partial charge in [-0.05, 0) is 20.5 Å². The molecule has 0 radical (unpaired) electrons. The molecular weight excluding hydrogens is 458 g/mol. The highest BCUT2D eigenvalue weighted by molar-refractivity contribution is 4.49. The maximum atomic E-state index is 5.65. The maximum Gasteiger partial charge on any atom is 0.0701 e. The molecule has 0 aliphatic heterocycles. The van der Waals surface area contributed by atoms with Gasteiger partial charge in [0.1, 0.15) is 0 Å². The van der Waals surface area contributed by atoms with Gasteiger partial charge >= 0.3 is 0 Å². The molecule has 0 atom stereocenters. The first kappa shape index (κ1) is 35.7. The summed E-state index contributed by atoms with van der Waals surface area (Å²) < 4.78 is 33.1. The van der Waals surface area contributed by atoms with Gasteiger partial charge in [0.2, 0.25) is 0 Å². The smallest absolute Gasteiger partial charge is 0.0701 e. The van der Waals surface area contributed by atoms with Crippen LogP contribution < -0.4 is 0 Å². The van der Waals surface area contributed by atoms with Crippen LogP contribution in [-0.2, 0) is 28.4 Å². The Morgan fingerprint density at radius 1 is 0.333 bits per heavy atom. The second-order valence-electron chi connectivity index (χ2n) is 9.72. The molecule has 0 rings (SSSR count). The van der Waals surface area contributed by atoms with Gasteiger partial charge in [0.25, 0.3) is 0 Å². The molecule has 0 bridgehead atoms. The van der Waals surface area contributed by atoms with E-state index in [1.54, 1.807) is 0 Å². The van der Waals surface area contributed by atoms with Gasteiger partial charge in [-0.2, -0.15) is 0 Å². The largest absolute Gasteiger partial charge is 0.379 e. The zero-order valence-corrected chi connectivity index (χ0v) is 24.3. The van der Waals surface area contributed by atoms with E-state index < -0.39 is 0 Å². The molecule has 0 saturated carbocycles. The maximum absolute atomic E-state index is 5.65. The second kappa shape index (κ2) is 32.7. The van der Waals surface area contributed by atoms with E-state index in [4.69, 9.17) is 28.4 Å². The Bertz CT molecular complexity index is 387. The van der Waals surface area contributed by atoms with Crippen molar-refractivity contribution >= 4 is 0 Å². The topological polar surface area (TPSA) is 58.6 Å². The third kappa shape index (κ3) is 33.7. The fraction of sp³-hybridized carbons (Fsp3) is 1.00. The van der Waals surface area contributed by atoms with E-state index in [1.165, 1.54) is 77.0 Å². The fourth-order valence-electron chi connectivity index (χ4n) is 3.67. The van der Waals surface area contributed by atoms with E-state index in [9.17, 15) is 0 Å². The molecule has 0 fully saturated rings. The molecule has 0 N–H and O–H groups in total. The van der Waals surface area contributed by atoms with E-state index in [-0.39, 0.29) is 0 Å². The van der Waals surface area contributed by atoms with Crippen molar-refractivity contribution < 1.29 is 28.4 Å². The Balaban J connectivity index is 3.01. The molecule has 0 aromatic rings. The lowest BCUT2D eigenvalue weighted by molar-refractivity contribution is -0.0172. The quantitative estimate of drug-likeness (QED) is 0.105. The number of hydrogen-bond acceptors (Lipinski definition) is 7. The van der Waals surface area contributed by atoms with Crippen molar-refractivity contribution in [3.63, 3.8) is 0 Å². The molecule has 0 amide bonds. The lowest BCUT2D eigenvalue weighted by Crippen LogP contribution is -2.19. The fourth-order valence-corrected chi connectivity index (χ4v) is 3.67. The van der Waals surface area contributed by atoms with Crippen LogP contribution in [-0.4, -0.2) is 105 Å². The van der Waals surface area contributed by atoms with Crippen molar-refractivity contribution in [2.45, 2.75) is 90.4 Å². The molecule has 7 nitrogen and oxygen atoms in total. The SMILES string of the molecule is CCCCCCCCCCCCCCCOCCOCCOCCOCCOCCOCCN(C)C. The van der Waals surface area contributed by atoms with E-state index in [1.807, 2.05) is 14.1 Å². The van der Waals surface area contributed by atoms with Crippen molar-refractivity contribution in [2.24, 2.45) is 0 Å². The molecule has 36 heavy (non-hydrogen) atoms. The van der Waals surface area contributed by atoms with Gasteiger partial charge in [0.15, 0.2) is 0 Å². The highest BCUT2D eigenvalue weighted by atomic mass is 16.6. The van der Waals surface area contributed by atoms with Crippen LogP contribution in [0.4, 0.5) is 0 Å². The van der Waals surface area contributed by atoms with Crippen LogP contribution in [0.25, 0.3) is 0 Å². The average molecular weight is 520 g/mol. The van der Waals surface area contributed by atoms with E-state index in [0.29, 0.717) is 66.1 Å². The molecule has 218 valence electrons. The molecule has 0 aromatic carbocycles. The van der Waals surface area contributed by atoms with Crippen molar-refractivity contribution in [3.8, 4) is 0 Å². The molecule has 7 heteroatoms. The first-order chi connectivity index (χ1) is 17.8. The molecule has 0 saturated heterocycles. The zero-order valence-electron chi connectivity index (χ0n) is 24.3. The summed E-state index contributed by atoms with van der Waals surface area (Å²) in [6.45, 7) is 10.8. The lowest BCUT2D eigenvalue weighted by atomic mass is 10.0. The lowest BCUT2D eigenvalue weighted by Gasteiger charge is -2.10. The Morgan fingerprint density at radius 3 is 0.944 bits per heavy atom. The van der Waals surface area contributed by atoms with Crippen LogP contribution in [0.3, 0.4) is 0 Å². The molecule has 0 aliphatic carbocycles. The predicted octanol–water partition coefficient (Wildman–Crippen LogP) is 5.74. The molecule has 0 unspecified atom stereocenters. The summed E-state index contributed by atoms with van der Waals surface area (Å²) in [6.07, 6.45) is 17.9. The van der Waals surface area contributed by atoms with Crippen LogP contribution in [0.15, 0.2) is 0 Å². The van der Waals surface area contributed by atoms with Crippen molar-refractivity contribution in [1.29, 1.82) is 0 Å². The summed E-state index contributed by atoms with van der Waals surface area (Å²) in [5, 5.41) is 0. The summed E-state index contributed by atoms with van der Waals surface area (Å²) in [7, 11) is 4.07. The van der Waals surface area contributed by atoms with Crippen molar-refractivity contribution in [2.75, 3.05) is 99.9 Å². The minimum atomic E-state index is 0.574. The molecule has 0 heterocycles. The predicted molar refractivity (Wildman–Crippen MR) is 149 cm³/mol. The van der Waals surface area contributed by atoms with Gasteiger partial charge in [-0.3, -0.25) is 0 Å². The Labute approximate surface area is 223 Å². The summed E-state index contributed by atoms with van der Waals surface area (Å²) in [5.41, 5.74) is 0. The Hall–Kier alpha value is -0.280. The van der Waals surface area contributed by atoms with Crippen LogP contribution in [0.5, 0.6) is 0 Å². The van der Waals surface area contributed by atoms with Gasteiger partial charge in [-0.15, -0.1) is 0 Å². The number of rotatable bonds is 32. The van der Waals surface area contributed by atoms with Gasteiger partial charge in [0, 0.05) is 13.2 Å². The van der Waals surface area contributed by atoms with Crippen LogP contribution >= 0.6 is 0 Å². The highest BCUT2D eigenvalue weighted by Gasteiger charge is 1.96. The third-order valence-electron chi connectivity index (χ3n) is 5.94. The third-order valence-corrected chi connectivity index (χ3v) is 5.94. The number of hydrogen-bond donors (Lipinski definition) is 0. The van der Waals surface area contributed by atoms with Crippen LogP contribution in [0.2, 0.25) is 0 Å². The standard InChI is InChI=1S/C29H61NO6/c1-4-5-6-7-8-9-10-11-12-13-14-15-16-18-31-20-22-33-24-26-35-28-29-36-27-25-34-23-21-32-19-17-30(2)3/h4-29H2,1-3H3. The van der Waals surface area contributed by atoms with Gasteiger partial charge in [0.05, 0.1) is 72.7 Å². The van der Waals surface area contributed by atoms with Gasteiger partial charge < -0.3 is 33.3 Å². The van der Waals surface area contributed by atoms with Crippen LogP contribution in [0, 0.1) is 0 Å². The summed E-state index contributed by atoms with van der Waals surface area (Å²) in [4.78, 5) is 2.10. The van der Waals surface area contributed by atoms with E-state index >= 15 is 0 Å². The monoisotopic (exact) mass is 519 g/mol. The Morgan fingerprint density at radius 2 is 0.611 bits per heavy atom. The number of nitrogens with zero attached hydrogens (tertiary/aromatic N) is 1. The van der Waals surface area contributed by atoms with Gasteiger partial charge in [-0.25, -0.2) is 0 Å². The van der Waals surface area contributed by atoms with Gasteiger partial charge in [-0.1, -0.05) is 84.0 Å². The summed E-state index contributed by atoms with van der Waals surface area (Å²) in [5.74, 6) is 0. The highest BCUT2D eigenvalue weighted by Crippen LogP contribution is 2.12. The normalized spacial score (nSPS) is 11.7. The number of likely N-dealkylation sites (N-methyl/N-ethyl adjacent to an activating group) is 1. The first-order valence-corrected chi connectivity index (χ1v) is 14.9. The van der Waals surface area contributed by atoms with Crippen molar-refractivity contribution in [1.82, 2.24) is 4.90 Å². The minimum Gasteiger partial charge on any atom is -0.379 e.